The highest BCUT2D eigenvalue weighted by Crippen LogP contribution is 2.32. The van der Waals surface area contributed by atoms with Crippen LogP contribution in [-0.4, -0.2) is 40.5 Å². The van der Waals surface area contributed by atoms with Gasteiger partial charge in [-0.15, -0.1) is 0 Å². The standard InChI is InChI=1S/C13H19N3O4/c1-20-6-5-16-8-9(7-14-16)15-12(17)10-3-2-4-11(10)13(18)19/h7-8,10-11H,2-6H2,1H3,(H,15,17)(H,18,19). The van der Waals surface area contributed by atoms with Gasteiger partial charge in [0.2, 0.25) is 5.91 Å². The third-order valence-corrected chi connectivity index (χ3v) is 3.60. The van der Waals surface area contributed by atoms with Crippen LogP contribution in [0.1, 0.15) is 19.3 Å². The van der Waals surface area contributed by atoms with Crippen molar-refractivity contribution in [2.45, 2.75) is 25.8 Å². The highest BCUT2D eigenvalue weighted by molar-refractivity contribution is 5.95. The van der Waals surface area contributed by atoms with Crippen LogP contribution in [0.25, 0.3) is 0 Å². The first-order valence-corrected chi connectivity index (χ1v) is 6.67. The van der Waals surface area contributed by atoms with Gasteiger partial charge in [0, 0.05) is 13.3 Å². The summed E-state index contributed by atoms with van der Waals surface area (Å²) in [7, 11) is 1.61. The normalized spacial score (nSPS) is 21.9. The Bertz CT molecular complexity index is 486. The molecule has 110 valence electrons. The number of carboxylic acid groups (broad SMARTS) is 1. The van der Waals surface area contributed by atoms with E-state index >= 15 is 0 Å². The van der Waals surface area contributed by atoms with Crippen molar-refractivity contribution < 1.29 is 19.4 Å². The zero-order valence-corrected chi connectivity index (χ0v) is 11.4. The van der Waals surface area contributed by atoms with Gasteiger partial charge in [-0.1, -0.05) is 6.42 Å². The summed E-state index contributed by atoms with van der Waals surface area (Å²) in [4.78, 5) is 23.2. The van der Waals surface area contributed by atoms with Crippen molar-refractivity contribution in [3.05, 3.63) is 12.4 Å². The van der Waals surface area contributed by atoms with Crippen LogP contribution in [0.15, 0.2) is 12.4 Å². The number of carbonyl (C=O) groups excluding carboxylic acids is 1. The van der Waals surface area contributed by atoms with Gasteiger partial charge < -0.3 is 15.2 Å². The van der Waals surface area contributed by atoms with Gasteiger partial charge in [-0.2, -0.15) is 5.10 Å². The van der Waals surface area contributed by atoms with E-state index in [9.17, 15) is 9.59 Å². The number of methoxy groups -OCH3 is 1. The van der Waals surface area contributed by atoms with Crippen molar-refractivity contribution in [2.24, 2.45) is 11.8 Å². The second-order valence-electron chi connectivity index (χ2n) is 4.96. The van der Waals surface area contributed by atoms with Gasteiger partial charge in [0.15, 0.2) is 0 Å². The van der Waals surface area contributed by atoms with E-state index in [-0.39, 0.29) is 5.91 Å². The van der Waals surface area contributed by atoms with Gasteiger partial charge in [-0.25, -0.2) is 0 Å². The van der Waals surface area contributed by atoms with E-state index in [0.717, 1.165) is 6.42 Å². The van der Waals surface area contributed by atoms with E-state index in [0.29, 0.717) is 31.7 Å². The molecule has 0 bridgehead atoms. The van der Waals surface area contributed by atoms with Crippen LogP contribution in [0.2, 0.25) is 0 Å². The lowest BCUT2D eigenvalue weighted by molar-refractivity contribution is -0.145. The van der Waals surface area contributed by atoms with Crippen molar-refractivity contribution in [3.8, 4) is 0 Å². The highest BCUT2D eigenvalue weighted by Gasteiger charge is 2.37. The Hall–Kier alpha value is -1.89. The Morgan fingerprint density at radius 1 is 1.50 bits per heavy atom. The second-order valence-corrected chi connectivity index (χ2v) is 4.96. The number of aliphatic carboxylic acids is 1. The SMILES string of the molecule is COCCn1cc(NC(=O)C2CCCC2C(=O)O)cn1. The van der Waals surface area contributed by atoms with Crippen LogP contribution in [0.5, 0.6) is 0 Å². The molecule has 1 saturated carbocycles. The molecule has 0 aromatic carbocycles. The van der Waals surface area contributed by atoms with Gasteiger partial charge in [-0.3, -0.25) is 14.3 Å². The third kappa shape index (κ3) is 3.36. The van der Waals surface area contributed by atoms with Crippen LogP contribution < -0.4 is 5.32 Å². The molecule has 0 radical (unpaired) electrons. The van der Waals surface area contributed by atoms with Crippen molar-refractivity contribution in [2.75, 3.05) is 19.0 Å². The van der Waals surface area contributed by atoms with Crippen LogP contribution >= 0.6 is 0 Å². The van der Waals surface area contributed by atoms with Crippen molar-refractivity contribution in [1.29, 1.82) is 0 Å². The molecular weight excluding hydrogens is 262 g/mol. The summed E-state index contributed by atoms with van der Waals surface area (Å²) in [6.07, 6.45) is 5.24. The lowest BCUT2D eigenvalue weighted by atomic mass is 9.95. The van der Waals surface area contributed by atoms with E-state index in [1.165, 1.54) is 0 Å². The van der Waals surface area contributed by atoms with E-state index in [1.54, 1.807) is 24.2 Å². The third-order valence-electron chi connectivity index (χ3n) is 3.60. The number of nitrogens with zero attached hydrogens (tertiary/aromatic N) is 2. The molecular formula is C13H19N3O4. The largest absolute Gasteiger partial charge is 0.481 e. The maximum atomic E-state index is 12.1. The number of aromatic nitrogens is 2. The Kier molecular flexibility index (Phi) is 4.73. The molecule has 7 nitrogen and oxygen atoms in total. The number of carboxylic acids is 1. The number of hydrogen-bond acceptors (Lipinski definition) is 4. The quantitative estimate of drug-likeness (QED) is 0.810. The van der Waals surface area contributed by atoms with E-state index in [4.69, 9.17) is 9.84 Å². The van der Waals surface area contributed by atoms with Crippen LogP contribution in [-0.2, 0) is 20.9 Å². The average Bonchev–Trinajstić information content (AvgIpc) is 3.04. The minimum atomic E-state index is -0.890. The lowest BCUT2D eigenvalue weighted by Crippen LogP contribution is -2.29. The first-order valence-electron chi connectivity index (χ1n) is 6.67. The van der Waals surface area contributed by atoms with Gasteiger partial charge in [0.05, 0.1) is 36.9 Å². The van der Waals surface area contributed by atoms with Crippen molar-refractivity contribution in [1.82, 2.24) is 9.78 Å². The highest BCUT2D eigenvalue weighted by atomic mass is 16.5. The molecule has 1 aliphatic carbocycles. The first kappa shape index (κ1) is 14.5. The molecule has 1 amide bonds. The van der Waals surface area contributed by atoms with E-state index in [2.05, 4.69) is 10.4 Å². The summed E-state index contributed by atoms with van der Waals surface area (Å²) in [6.45, 7) is 1.15. The summed E-state index contributed by atoms with van der Waals surface area (Å²) < 4.78 is 6.61. The summed E-state index contributed by atoms with van der Waals surface area (Å²) in [5.41, 5.74) is 0.585. The fourth-order valence-electron chi connectivity index (χ4n) is 2.54. The fourth-order valence-corrected chi connectivity index (χ4v) is 2.54. The van der Waals surface area contributed by atoms with Crippen LogP contribution in [0, 0.1) is 11.8 Å². The molecule has 1 heterocycles. The fraction of sp³-hybridized carbons (Fsp3) is 0.615. The number of carbonyl (C=O) groups is 2. The maximum Gasteiger partial charge on any atom is 0.307 e. The lowest BCUT2D eigenvalue weighted by Gasteiger charge is -2.14. The molecule has 20 heavy (non-hydrogen) atoms. The molecule has 2 N–H and O–H groups in total. The molecule has 2 atom stereocenters. The summed E-state index contributed by atoms with van der Waals surface area (Å²) in [6, 6.07) is 0. The monoisotopic (exact) mass is 281 g/mol. The molecule has 0 aliphatic heterocycles. The molecule has 0 spiro atoms. The predicted molar refractivity (Wildman–Crippen MR) is 71.2 cm³/mol. The zero-order chi connectivity index (χ0) is 14.5. The molecule has 1 fully saturated rings. The Morgan fingerprint density at radius 2 is 2.25 bits per heavy atom. The Morgan fingerprint density at radius 3 is 2.95 bits per heavy atom. The Labute approximate surface area is 116 Å². The van der Waals surface area contributed by atoms with Gasteiger partial charge in [0.1, 0.15) is 0 Å². The van der Waals surface area contributed by atoms with Gasteiger partial charge in [-0.05, 0) is 12.8 Å². The van der Waals surface area contributed by atoms with Crippen LogP contribution in [0.3, 0.4) is 0 Å². The topological polar surface area (TPSA) is 93.5 Å². The second kappa shape index (κ2) is 6.51. The van der Waals surface area contributed by atoms with Gasteiger partial charge in [0.25, 0.3) is 0 Å². The summed E-state index contributed by atoms with van der Waals surface area (Å²) >= 11 is 0. The van der Waals surface area contributed by atoms with Crippen molar-refractivity contribution in [3.63, 3.8) is 0 Å². The molecule has 1 aliphatic rings. The Balaban J connectivity index is 1.93. The minimum absolute atomic E-state index is 0.235. The van der Waals surface area contributed by atoms with E-state index in [1.807, 2.05) is 0 Å². The molecule has 0 saturated heterocycles. The summed E-state index contributed by atoms with van der Waals surface area (Å²) in [5.74, 6) is -2.15. The number of amides is 1. The smallest absolute Gasteiger partial charge is 0.307 e. The zero-order valence-electron chi connectivity index (χ0n) is 11.4. The summed E-state index contributed by atoms with van der Waals surface area (Å²) in [5, 5.41) is 15.9. The van der Waals surface area contributed by atoms with Crippen molar-refractivity contribution >= 4 is 17.6 Å². The predicted octanol–water partition coefficient (Wildman–Crippen LogP) is 0.969. The average molecular weight is 281 g/mol. The van der Waals surface area contributed by atoms with Gasteiger partial charge >= 0.3 is 5.97 Å². The molecule has 2 unspecified atom stereocenters. The number of ether oxygens (including phenoxy) is 1. The number of nitrogens with one attached hydrogen (secondary N) is 1. The first-order chi connectivity index (χ1) is 9.61. The maximum absolute atomic E-state index is 12.1. The molecule has 1 aromatic heterocycles. The number of hydrogen-bond donors (Lipinski definition) is 2. The molecule has 2 rings (SSSR count). The van der Waals surface area contributed by atoms with Crippen LogP contribution in [0.4, 0.5) is 5.69 Å². The molecule has 1 aromatic rings. The molecule has 7 heteroatoms. The minimum Gasteiger partial charge on any atom is -0.481 e. The number of anilines is 1. The van der Waals surface area contributed by atoms with E-state index < -0.39 is 17.8 Å². The number of rotatable bonds is 6.